The van der Waals surface area contributed by atoms with E-state index in [1.165, 1.54) is 25.2 Å². The lowest BCUT2D eigenvalue weighted by Gasteiger charge is -1.89. The molecule has 0 radical (unpaired) electrons. The molecule has 0 aliphatic carbocycles. The van der Waals surface area contributed by atoms with Gasteiger partial charge in [0, 0.05) is 0 Å². The van der Waals surface area contributed by atoms with Crippen LogP contribution in [0.2, 0.25) is 0 Å². The number of allylic oxidation sites excluding steroid dienone is 6. The highest BCUT2D eigenvalue weighted by molar-refractivity contribution is 5.92. The molecule has 0 aliphatic rings. The minimum Gasteiger partial charge on any atom is -0.295 e. The van der Waals surface area contributed by atoms with E-state index in [-0.39, 0.29) is 11.6 Å². The normalized spacial score (nSPS) is 14.0. The van der Waals surface area contributed by atoms with E-state index in [2.05, 4.69) is 0 Å². The lowest BCUT2D eigenvalue weighted by molar-refractivity contribution is -0.113. The van der Waals surface area contributed by atoms with Crippen molar-refractivity contribution >= 4 is 5.78 Å². The minimum absolute atomic E-state index is 0.0421. The minimum atomic E-state index is -0.349. The first-order valence-corrected chi connectivity index (χ1v) is 3.75. The summed E-state index contributed by atoms with van der Waals surface area (Å²) >= 11 is 0. The molecule has 0 aromatic rings. The molecular weight excluding hydrogens is 155 g/mol. The van der Waals surface area contributed by atoms with E-state index in [4.69, 9.17) is 0 Å². The van der Waals surface area contributed by atoms with Crippen molar-refractivity contribution in [2.24, 2.45) is 0 Å². The van der Waals surface area contributed by atoms with Crippen LogP contribution in [0.15, 0.2) is 35.7 Å². The number of halogens is 1. The Labute approximate surface area is 72.3 Å². The summed E-state index contributed by atoms with van der Waals surface area (Å²) in [7, 11) is 0. The van der Waals surface area contributed by atoms with Crippen molar-refractivity contribution in [3.63, 3.8) is 0 Å². The maximum absolute atomic E-state index is 12.6. The van der Waals surface area contributed by atoms with Crippen LogP contribution in [0.3, 0.4) is 0 Å². The van der Waals surface area contributed by atoms with Crippen molar-refractivity contribution in [1.82, 2.24) is 0 Å². The second-order valence-electron chi connectivity index (χ2n) is 2.46. The second-order valence-corrected chi connectivity index (χ2v) is 2.46. The molecule has 0 bridgehead atoms. The van der Waals surface area contributed by atoms with Crippen molar-refractivity contribution in [3.8, 4) is 0 Å². The maximum Gasteiger partial charge on any atom is 0.155 e. The first kappa shape index (κ1) is 10.8. The average molecular weight is 168 g/mol. The maximum atomic E-state index is 12.6. The first-order valence-electron chi connectivity index (χ1n) is 3.75. The molecule has 2 heteroatoms. The topological polar surface area (TPSA) is 17.1 Å². The van der Waals surface area contributed by atoms with Gasteiger partial charge in [-0.2, -0.15) is 0 Å². The standard InChI is InChI=1S/C10H13FO/c1-4-5-10(11)7-6-8(2)9(3)12/h4-7H,1-3H3/b5-4-,8-6+,10-7+. The van der Waals surface area contributed by atoms with E-state index < -0.39 is 0 Å². The summed E-state index contributed by atoms with van der Waals surface area (Å²) in [5, 5.41) is 0. The number of Topliss-reactive ketones (excluding diaryl/α,β-unsaturated/α-hetero) is 1. The highest BCUT2D eigenvalue weighted by Gasteiger charge is 1.92. The number of carbonyl (C=O) groups excluding carboxylic acids is 1. The van der Waals surface area contributed by atoms with Crippen molar-refractivity contribution in [3.05, 3.63) is 35.7 Å². The molecule has 0 N–H and O–H groups in total. The third-order valence-corrected chi connectivity index (χ3v) is 1.37. The number of ketones is 1. The third kappa shape index (κ3) is 4.61. The van der Waals surface area contributed by atoms with Crippen LogP contribution < -0.4 is 0 Å². The molecule has 1 nitrogen and oxygen atoms in total. The van der Waals surface area contributed by atoms with Gasteiger partial charge < -0.3 is 0 Å². The van der Waals surface area contributed by atoms with Crippen LogP contribution in [-0.4, -0.2) is 5.78 Å². The van der Waals surface area contributed by atoms with Gasteiger partial charge in [-0.25, -0.2) is 4.39 Å². The summed E-state index contributed by atoms with van der Waals surface area (Å²) in [6, 6.07) is 0. The van der Waals surface area contributed by atoms with Gasteiger partial charge in [-0.15, -0.1) is 0 Å². The van der Waals surface area contributed by atoms with Gasteiger partial charge >= 0.3 is 0 Å². The van der Waals surface area contributed by atoms with E-state index in [9.17, 15) is 9.18 Å². The Kier molecular flexibility index (Phi) is 4.93. The number of carbonyl (C=O) groups is 1. The van der Waals surface area contributed by atoms with Crippen LogP contribution in [0, 0.1) is 0 Å². The lowest BCUT2D eigenvalue weighted by atomic mass is 10.2. The van der Waals surface area contributed by atoms with Crippen molar-refractivity contribution in [2.45, 2.75) is 20.8 Å². The molecule has 0 rings (SSSR count). The number of hydrogen-bond donors (Lipinski definition) is 0. The molecule has 0 heterocycles. The lowest BCUT2D eigenvalue weighted by Crippen LogP contribution is -1.89. The summed E-state index contributed by atoms with van der Waals surface area (Å²) in [5.74, 6) is -0.391. The summed E-state index contributed by atoms with van der Waals surface area (Å²) in [5.41, 5.74) is 0.551. The number of hydrogen-bond acceptors (Lipinski definition) is 1. The highest BCUT2D eigenvalue weighted by Crippen LogP contribution is 2.01. The molecule has 0 fully saturated rings. The zero-order chi connectivity index (χ0) is 9.56. The molecule has 0 atom stereocenters. The Balaban J connectivity index is 4.37. The third-order valence-electron chi connectivity index (χ3n) is 1.37. The van der Waals surface area contributed by atoms with Gasteiger partial charge in [-0.1, -0.05) is 12.2 Å². The molecule has 0 aromatic heterocycles. The molecule has 0 aromatic carbocycles. The van der Waals surface area contributed by atoms with Gasteiger partial charge in [0.25, 0.3) is 0 Å². The molecular formula is C10H13FO. The van der Waals surface area contributed by atoms with Gasteiger partial charge in [0.2, 0.25) is 0 Å². The molecule has 0 amide bonds. The monoisotopic (exact) mass is 168 g/mol. The summed E-state index contributed by atoms with van der Waals surface area (Å²) in [4.78, 5) is 10.7. The van der Waals surface area contributed by atoms with E-state index >= 15 is 0 Å². The second kappa shape index (κ2) is 5.47. The van der Waals surface area contributed by atoms with Gasteiger partial charge in [0.15, 0.2) is 5.78 Å². The van der Waals surface area contributed by atoms with Crippen molar-refractivity contribution < 1.29 is 9.18 Å². The Hall–Kier alpha value is -1.18. The zero-order valence-electron chi connectivity index (χ0n) is 7.60. The van der Waals surface area contributed by atoms with Crippen LogP contribution >= 0.6 is 0 Å². The van der Waals surface area contributed by atoms with Crippen LogP contribution in [0.25, 0.3) is 0 Å². The smallest absolute Gasteiger partial charge is 0.155 e. The Morgan fingerprint density at radius 1 is 1.25 bits per heavy atom. The molecule has 0 saturated heterocycles. The molecule has 0 aliphatic heterocycles. The fraction of sp³-hybridized carbons (Fsp3) is 0.300. The van der Waals surface area contributed by atoms with E-state index in [1.807, 2.05) is 0 Å². The van der Waals surface area contributed by atoms with Gasteiger partial charge in [0.1, 0.15) is 5.83 Å². The van der Waals surface area contributed by atoms with Crippen LogP contribution in [0.4, 0.5) is 4.39 Å². The SMILES string of the molecule is C\C=C/C(F)=C\C=C(/C)C(C)=O. The van der Waals surface area contributed by atoms with E-state index in [1.54, 1.807) is 19.9 Å². The molecule has 0 spiro atoms. The fourth-order valence-corrected chi connectivity index (χ4v) is 0.537. The van der Waals surface area contributed by atoms with E-state index in [0.717, 1.165) is 0 Å². The van der Waals surface area contributed by atoms with Crippen molar-refractivity contribution in [2.75, 3.05) is 0 Å². The van der Waals surface area contributed by atoms with Crippen LogP contribution in [0.1, 0.15) is 20.8 Å². The quantitative estimate of drug-likeness (QED) is 0.467. The summed E-state index contributed by atoms with van der Waals surface area (Å²) in [6.45, 7) is 4.84. The van der Waals surface area contributed by atoms with Crippen molar-refractivity contribution in [1.29, 1.82) is 0 Å². The predicted molar refractivity (Wildman–Crippen MR) is 48.4 cm³/mol. The van der Waals surface area contributed by atoms with Gasteiger partial charge in [0.05, 0.1) is 0 Å². The zero-order valence-corrected chi connectivity index (χ0v) is 7.60. The Bertz CT molecular complexity index is 247. The first-order chi connectivity index (χ1) is 5.57. The average Bonchev–Trinajstić information content (AvgIpc) is 2.00. The molecule has 66 valence electrons. The molecule has 0 unspecified atom stereocenters. The predicted octanol–water partition coefficient (Wildman–Crippen LogP) is 2.95. The summed E-state index contributed by atoms with van der Waals surface area (Å²) < 4.78 is 12.6. The van der Waals surface area contributed by atoms with E-state index in [0.29, 0.717) is 5.57 Å². The molecule has 0 saturated carbocycles. The fourth-order valence-electron chi connectivity index (χ4n) is 0.537. The Morgan fingerprint density at radius 3 is 2.25 bits per heavy atom. The van der Waals surface area contributed by atoms with Crippen LogP contribution in [-0.2, 0) is 4.79 Å². The molecule has 12 heavy (non-hydrogen) atoms. The Morgan fingerprint density at radius 2 is 1.83 bits per heavy atom. The van der Waals surface area contributed by atoms with Gasteiger partial charge in [-0.05, 0) is 38.5 Å². The van der Waals surface area contributed by atoms with Gasteiger partial charge in [-0.3, -0.25) is 4.79 Å². The van der Waals surface area contributed by atoms with Crippen LogP contribution in [0.5, 0.6) is 0 Å². The number of rotatable bonds is 3. The largest absolute Gasteiger partial charge is 0.295 e. The highest BCUT2D eigenvalue weighted by atomic mass is 19.1. The summed E-state index contributed by atoms with van der Waals surface area (Å²) in [6.07, 6.45) is 5.68.